The molecule has 1 aromatic rings. The van der Waals surface area contributed by atoms with Gasteiger partial charge in [-0.05, 0) is 58.3 Å². The fourth-order valence-electron chi connectivity index (χ4n) is 1.53. The van der Waals surface area contributed by atoms with Gasteiger partial charge in [-0.1, -0.05) is 17.7 Å². The SMILES string of the molecule is Cc1ccc(C(=O)NNC(=S)NCCCN(C)C)cc1. The molecule has 1 rings (SSSR count). The Kier molecular flexibility index (Phi) is 6.97. The third kappa shape index (κ3) is 6.49. The number of carbonyl (C=O) groups excluding carboxylic acids is 1. The lowest BCUT2D eigenvalue weighted by atomic mass is 10.1. The van der Waals surface area contributed by atoms with Crippen LogP contribution in [0.15, 0.2) is 24.3 Å². The Morgan fingerprint density at radius 1 is 1.20 bits per heavy atom. The molecule has 6 heteroatoms. The topological polar surface area (TPSA) is 56.4 Å². The van der Waals surface area contributed by atoms with Crippen molar-refractivity contribution >= 4 is 23.2 Å². The van der Waals surface area contributed by atoms with Crippen LogP contribution in [0.5, 0.6) is 0 Å². The average Bonchev–Trinajstić information content (AvgIpc) is 2.41. The molecule has 0 atom stereocenters. The van der Waals surface area contributed by atoms with Crippen molar-refractivity contribution in [1.29, 1.82) is 0 Å². The lowest BCUT2D eigenvalue weighted by Gasteiger charge is -2.13. The van der Waals surface area contributed by atoms with Gasteiger partial charge in [0, 0.05) is 12.1 Å². The summed E-state index contributed by atoms with van der Waals surface area (Å²) in [6.45, 7) is 3.74. The van der Waals surface area contributed by atoms with Crippen molar-refractivity contribution in [2.75, 3.05) is 27.2 Å². The van der Waals surface area contributed by atoms with Crippen molar-refractivity contribution in [2.45, 2.75) is 13.3 Å². The van der Waals surface area contributed by atoms with Crippen LogP contribution >= 0.6 is 12.2 Å². The molecule has 0 saturated heterocycles. The van der Waals surface area contributed by atoms with Gasteiger partial charge in [0.1, 0.15) is 0 Å². The highest BCUT2D eigenvalue weighted by molar-refractivity contribution is 7.80. The number of benzene rings is 1. The van der Waals surface area contributed by atoms with Gasteiger partial charge in [-0.15, -0.1) is 0 Å². The first-order valence-corrected chi connectivity index (χ1v) is 6.95. The molecule has 0 aromatic heterocycles. The molecule has 0 radical (unpaired) electrons. The molecular formula is C14H22N4OS. The largest absolute Gasteiger partial charge is 0.361 e. The minimum Gasteiger partial charge on any atom is -0.361 e. The smallest absolute Gasteiger partial charge is 0.269 e. The molecule has 20 heavy (non-hydrogen) atoms. The van der Waals surface area contributed by atoms with Gasteiger partial charge in [-0.25, -0.2) is 0 Å². The molecule has 110 valence electrons. The van der Waals surface area contributed by atoms with E-state index in [4.69, 9.17) is 12.2 Å². The fraction of sp³-hybridized carbons (Fsp3) is 0.429. The van der Waals surface area contributed by atoms with Crippen LogP contribution in [0.2, 0.25) is 0 Å². The molecule has 0 aliphatic rings. The molecule has 0 fully saturated rings. The Hall–Kier alpha value is -1.66. The zero-order valence-corrected chi connectivity index (χ0v) is 13.0. The van der Waals surface area contributed by atoms with Crippen molar-refractivity contribution in [3.63, 3.8) is 0 Å². The first kappa shape index (κ1) is 16.4. The summed E-state index contributed by atoms with van der Waals surface area (Å²) >= 11 is 5.07. The number of amides is 1. The van der Waals surface area contributed by atoms with Crippen molar-refractivity contribution in [3.05, 3.63) is 35.4 Å². The molecule has 0 saturated carbocycles. The van der Waals surface area contributed by atoms with E-state index in [9.17, 15) is 4.79 Å². The Morgan fingerprint density at radius 3 is 2.45 bits per heavy atom. The summed E-state index contributed by atoms with van der Waals surface area (Å²) in [5.74, 6) is -0.206. The Morgan fingerprint density at radius 2 is 1.85 bits per heavy atom. The molecule has 1 amide bonds. The summed E-state index contributed by atoms with van der Waals surface area (Å²) in [5.41, 5.74) is 6.97. The predicted octanol–water partition coefficient (Wildman–Crippen LogP) is 1.06. The summed E-state index contributed by atoms with van der Waals surface area (Å²) in [4.78, 5) is 13.9. The van der Waals surface area contributed by atoms with E-state index in [1.54, 1.807) is 12.1 Å². The molecule has 0 unspecified atom stereocenters. The number of carbonyl (C=O) groups is 1. The van der Waals surface area contributed by atoms with Crippen molar-refractivity contribution in [2.24, 2.45) is 0 Å². The molecule has 1 aromatic carbocycles. The summed E-state index contributed by atoms with van der Waals surface area (Å²) < 4.78 is 0. The quantitative estimate of drug-likeness (QED) is 0.431. The average molecular weight is 294 g/mol. The third-order valence-corrected chi connectivity index (χ3v) is 2.92. The number of hydrogen-bond acceptors (Lipinski definition) is 3. The molecule has 3 N–H and O–H groups in total. The van der Waals surface area contributed by atoms with E-state index >= 15 is 0 Å². The highest BCUT2D eigenvalue weighted by Gasteiger charge is 2.04. The van der Waals surface area contributed by atoms with E-state index in [2.05, 4.69) is 21.1 Å². The highest BCUT2D eigenvalue weighted by Crippen LogP contribution is 2.02. The molecule has 0 aliphatic carbocycles. The van der Waals surface area contributed by atoms with E-state index in [-0.39, 0.29) is 5.91 Å². The van der Waals surface area contributed by atoms with Gasteiger partial charge in [0.15, 0.2) is 5.11 Å². The van der Waals surface area contributed by atoms with E-state index in [0.29, 0.717) is 10.7 Å². The lowest BCUT2D eigenvalue weighted by molar-refractivity contribution is 0.0943. The second kappa shape index (κ2) is 8.50. The first-order chi connectivity index (χ1) is 9.49. The van der Waals surface area contributed by atoms with Crippen LogP contribution in [0, 0.1) is 6.92 Å². The van der Waals surface area contributed by atoms with Crippen molar-refractivity contribution in [3.8, 4) is 0 Å². The summed E-state index contributed by atoms with van der Waals surface area (Å²) in [6, 6.07) is 7.35. The normalized spacial score (nSPS) is 10.2. The first-order valence-electron chi connectivity index (χ1n) is 6.54. The molecule has 0 bridgehead atoms. The van der Waals surface area contributed by atoms with Gasteiger partial charge >= 0.3 is 0 Å². The third-order valence-electron chi connectivity index (χ3n) is 2.67. The van der Waals surface area contributed by atoms with Gasteiger partial charge in [0.25, 0.3) is 5.91 Å². The highest BCUT2D eigenvalue weighted by atomic mass is 32.1. The molecular weight excluding hydrogens is 272 g/mol. The number of nitrogens with zero attached hydrogens (tertiary/aromatic N) is 1. The minimum absolute atomic E-state index is 0.206. The van der Waals surface area contributed by atoms with Crippen LogP contribution < -0.4 is 16.2 Å². The molecule has 5 nitrogen and oxygen atoms in total. The standard InChI is InChI=1S/C14H22N4OS/c1-11-5-7-12(8-6-11)13(19)16-17-14(20)15-9-4-10-18(2)3/h5-8H,4,9-10H2,1-3H3,(H,16,19)(H2,15,17,20). The number of thiocarbonyl (C=S) groups is 1. The maximum atomic E-state index is 11.8. The number of hydrazine groups is 1. The summed E-state index contributed by atoms with van der Waals surface area (Å²) in [5, 5.41) is 3.45. The fourth-order valence-corrected chi connectivity index (χ4v) is 1.69. The zero-order chi connectivity index (χ0) is 15.0. The summed E-state index contributed by atoms with van der Waals surface area (Å²) in [7, 11) is 4.05. The van der Waals surface area contributed by atoms with Crippen LogP contribution in [-0.4, -0.2) is 43.1 Å². The maximum absolute atomic E-state index is 11.8. The molecule has 0 heterocycles. The molecule has 0 spiro atoms. The van der Waals surface area contributed by atoms with E-state index in [1.807, 2.05) is 33.2 Å². The maximum Gasteiger partial charge on any atom is 0.269 e. The van der Waals surface area contributed by atoms with Crippen LogP contribution in [0.3, 0.4) is 0 Å². The van der Waals surface area contributed by atoms with Crippen molar-refractivity contribution in [1.82, 2.24) is 21.1 Å². The second-order valence-corrected chi connectivity index (χ2v) is 5.27. The Bertz CT molecular complexity index is 445. The Labute approximate surface area is 125 Å². The minimum atomic E-state index is -0.206. The van der Waals surface area contributed by atoms with Gasteiger partial charge in [0.2, 0.25) is 0 Å². The summed E-state index contributed by atoms with van der Waals surface area (Å²) in [6.07, 6.45) is 0.987. The van der Waals surface area contributed by atoms with Gasteiger partial charge in [-0.3, -0.25) is 15.6 Å². The monoisotopic (exact) mass is 294 g/mol. The van der Waals surface area contributed by atoms with E-state index in [1.165, 1.54) is 0 Å². The Balaban J connectivity index is 2.23. The van der Waals surface area contributed by atoms with Crippen LogP contribution in [0.1, 0.15) is 22.3 Å². The van der Waals surface area contributed by atoms with Crippen LogP contribution in [0.25, 0.3) is 0 Å². The van der Waals surface area contributed by atoms with E-state index in [0.717, 1.165) is 25.1 Å². The van der Waals surface area contributed by atoms with Crippen molar-refractivity contribution < 1.29 is 4.79 Å². The number of aryl methyl sites for hydroxylation is 1. The van der Waals surface area contributed by atoms with Gasteiger partial charge in [-0.2, -0.15) is 0 Å². The molecule has 0 aliphatic heterocycles. The number of rotatable bonds is 5. The number of hydrogen-bond donors (Lipinski definition) is 3. The lowest BCUT2D eigenvalue weighted by Crippen LogP contribution is -2.47. The van der Waals surface area contributed by atoms with Crippen LogP contribution in [0.4, 0.5) is 0 Å². The van der Waals surface area contributed by atoms with Gasteiger partial charge in [0.05, 0.1) is 0 Å². The van der Waals surface area contributed by atoms with Crippen LogP contribution in [-0.2, 0) is 0 Å². The predicted molar refractivity (Wildman–Crippen MR) is 85.6 cm³/mol. The zero-order valence-electron chi connectivity index (χ0n) is 12.2. The number of nitrogens with one attached hydrogen (secondary N) is 3. The second-order valence-electron chi connectivity index (χ2n) is 4.86. The van der Waals surface area contributed by atoms with E-state index < -0.39 is 0 Å². The van der Waals surface area contributed by atoms with Gasteiger partial charge < -0.3 is 10.2 Å².